The third-order valence-corrected chi connectivity index (χ3v) is 4.09. The fraction of sp³-hybridized carbons (Fsp3) is 0.538. The van der Waals surface area contributed by atoms with Crippen molar-refractivity contribution in [2.75, 3.05) is 20.3 Å². The minimum atomic E-state index is -1.11. The van der Waals surface area contributed by atoms with E-state index < -0.39 is 25.1 Å². The Morgan fingerprint density at radius 1 is 1.35 bits per heavy atom. The van der Waals surface area contributed by atoms with Crippen LogP contribution in [0.5, 0.6) is 5.75 Å². The number of aliphatic hydroxyl groups is 1. The van der Waals surface area contributed by atoms with E-state index in [2.05, 4.69) is 0 Å². The van der Waals surface area contributed by atoms with Gasteiger partial charge in [0.15, 0.2) is 0 Å². The monoisotopic (exact) mass is 278 g/mol. The average molecular weight is 278 g/mol. The van der Waals surface area contributed by atoms with Crippen molar-refractivity contribution in [2.24, 2.45) is 0 Å². The first-order chi connectivity index (χ1) is 9.72. The highest BCUT2D eigenvalue weighted by Gasteiger charge is 2.62. The van der Waals surface area contributed by atoms with Gasteiger partial charge in [-0.2, -0.15) is 0 Å². The lowest BCUT2D eigenvalue weighted by atomic mass is 9.74. The smallest absolute Gasteiger partial charge is 0.496 e. The molecule has 1 N–H and O–H groups in total. The molecule has 7 heteroatoms. The lowest BCUT2D eigenvalue weighted by Gasteiger charge is -2.56. The zero-order chi connectivity index (χ0) is 13.7. The average Bonchev–Trinajstić information content (AvgIpc) is 2.48. The summed E-state index contributed by atoms with van der Waals surface area (Å²) in [7, 11) is 1.05. The van der Waals surface area contributed by atoms with Gasteiger partial charge in [0.05, 0.1) is 13.7 Å². The standard InChI is InChI=1S/C13H15BO6/c1-16-9-4-2-8(3-5-9)14-19-11-10-6-18-13(20-14,7-17-10)12(11)15/h2-5,10-12,15H,6-7H2,1H3/t10-,11-,12+,13-/m1/s1. The molecule has 1 aromatic rings. The number of fused-ring (bicyclic) bond motifs is 2. The lowest BCUT2D eigenvalue weighted by Crippen LogP contribution is -2.76. The van der Waals surface area contributed by atoms with Crippen LogP contribution in [0.25, 0.3) is 0 Å². The molecule has 4 aliphatic heterocycles. The van der Waals surface area contributed by atoms with Crippen molar-refractivity contribution in [1.82, 2.24) is 0 Å². The molecule has 0 amide bonds. The molecule has 4 atom stereocenters. The zero-order valence-electron chi connectivity index (χ0n) is 11.0. The Morgan fingerprint density at radius 3 is 2.75 bits per heavy atom. The van der Waals surface area contributed by atoms with Crippen LogP contribution in [0.2, 0.25) is 0 Å². The summed E-state index contributed by atoms with van der Waals surface area (Å²) in [6.07, 6.45) is -1.47. The SMILES string of the molecule is COc1ccc(B2O[C@@H]3[C@H]4CO[C@](CO4)(O2)[C@H]3O)cc1. The number of methoxy groups -OCH3 is 1. The van der Waals surface area contributed by atoms with E-state index in [1.807, 2.05) is 24.3 Å². The molecular weight excluding hydrogens is 263 g/mol. The van der Waals surface area contributed by atoms with Crippen molar-refractivity contribution in [2.45, 2.75) is 24.1 Å². The van der Waals surface area contributed by atoms with Gasteiger partial charge in [-0.3, -0.25) is 0 Å². The number of rotatable bonds is 2. The fourth-order valence-electron chi connectivity index (χ4n) is 2.91. The van der Waals surface area contributed by atoms with Crippen LogP contribution in [-0.2, 0) is 18.8 Å². The Hall–Kier alpha value is -1.12. The van der Waals surface area contributed by atoms with E-state index in [-0.39, 0.29) is 12.7 Å². The Labute approximate surface area is 116 Å². The van der Waals surface area contributed by atoms with Crippen LogP contribution in [0.4, 0.5) is 0 Å². The summed E-state index contributed by atoms with van der Waals surface area (Å²) in [5.74, 6) is -0.341. The topological polar surface area (TPSA) is 66.4 Å². The number of hydrogen-bond donors (Lipinski definition) is 1. The van der Waals surface area contributed by atoms with Crippen LogP contribution < -0.4 is 10.2 Å². The summed E-state index contributed by atoms with van der Waals surface area (Å²) in [5.41, 5.74) is 0.859. The lowest BCUT2D eigenvalue weighted by molar-refractivity contribution is -0.395. The normalized spacial score (nSPS) is 38.9. The summed E-state index contributed by atoms with van der Waals surface area (Å²) in [4.78, 5) is 0. The predicted octanol–water partition coefficient (Wildman–Crippen LogP) is -0.708. The molecule has 5 rings (SSSR count). The van der Waals surface area contributed by atoms with Gasteiger partial charge >= 0.3 is 7.12 Å². The molecule has 1 aromatic carbocycles. The third kappa shape index (κ3) is 1.71. The summed E-state index contributed by atoms with van der Waals surface area (Å²) >= 11 is 0. The molecule has 0 aromatic heterocycles. The molecule has 3 bridgehead atoms. The summed E-state index contributed by atoms with van der Waals surface area (Å²) in [6.45, 7) is 0.613. The van der Waals surface area contributed by atoms with Gasteiger partial charge in [0.1, 0.15) is 30.7 Å². The zero-order valence-corrected chi connectivity index (χ0v) is 11.0. The van der Waals surface area contributed by atoms with E-state index in [1.165, 1.54) is 0 Å². The third-order valence-electron chi connectivity index (χ3n) is 4.09. The number of benzene rings is 1. The van der Waals surface area contributed by atoms with E-state index >= 15 is 0 Å². The molecule has 4 heterocycles. The highest BCUT2D eigenvalue weighted by Crippen LogP contribution is 2.40. The molecule has 4 saturated heterocycles. The van der Waals surface area contributed by atoms with E-state index in [0.29, 0.717) is 6.61 Å². The van der Waals surface area contributed by atoms with Gasteiger partial charge in [0, 0.05) is 0 Å². The van der Waals surface area contributed by atoms with Gasteiger partial charge in [-0.05, 0) is 17.6 Å². The molecule has 20 heavy (non-hydrogen) atoms. The highest BCUT2D eigenvalue weighted by molar-refractivity contribution is 6.61. The van der Waals surface area contributed by atoms with Crippen LogP contribution in [-0.4, -0.2) is 56.6 Å². The Balaban J connectivity index is 1.62. The van der Waals surface area contributed by atoms with Crippen molar-refractivity contribution in [3.05, 3.63) is 24.3 Å². The minimum Gasteiger partial charge on any atom is -0.497 e. The van der Waals surface area contributed by atoms with Crippen LogP contribution in [0.15, 0.2) is 24.3 Å². The van der Waals surface area contributed by atoms with Crippen molar-refractivity contribution in [3.63, 3.8) is 0 Å². The Bertz CT molecular complexity index is 498. The molecule has 0 saturated carbocycles. The van der Waals surface area contributed by atoms with Crippen molar-refractivity contribution in [1.29, 1.82) is 0 Å². The molecule has 4 fully saturated rings. The second kappa shape index (κ2) is 4.44. The maximum atomic E-state index is 10.2. The van der Waals surface area contributed by atoms with Crippen LogP contribution in [0.3, 0.4) is 0 Å². The predicted molar refractivity (Wildman–Crippen MR) is 68.8 cm³/mol. The molecular formula is C13H15BO6. The number of ether oxygens (including phenoxy) is 3. The summed E-state index contributed by atoms with van der Waals surface area (Å²) in [6, 6.07) is 7.44. The van der Waals surface area contributed by atoms with Crippen molar-refractivity contribution in [3.8, 4) is 5.75 Å². The van der Waals surface area contributed by atoms with Gasteiger partial charge in [0.2, 0.25) is 5.79 Å². The second-order valence-corrected chi connectivity index (χ2v) is 5.24. The largest absolute Gasteiger partial charge is 0.497 e. The Kier molecular flexibility index (Phi) is 2.80. The molecule has 0 aliphatic carbocycles. The minimum absolute atomic E-state index is 0.228. The van der Waals surface area contributed by atoms with Gasteiger partial charge in [-0.25, -0.2) is 0 Å². The molecule has 4 aliphatic rings. The molecule has 106 valence electrons. The molecule has 0 radical (unpaired) electrons. The molecule has 1 spiro atoms. The second-order valence-electron chi connectivity index (χ2n) is 5.24. The first-order valence-electron chi connectivity index (χ1n) is 6.63. The van der Waals surface area contributed by atoms with Crippen LogP contribution in [0, 0.1) is 0 Å². The highest BCUT2D eigenvalue weighted by atomic mass is 16.8. The quantitative estimate of drug-likeness (QED) is 0.721. The number of aliphatic hydroxyl groups excluding tert-OH is 1. The Morgan fingerprint density at radius 2 is 2.15 bits per heavy atom. The summed E-state index contributed by atoms with van der Waals surface area (Å²) in [5, 5.41) is 10.2. The maximum Gasteiger partial charge on any atom is 0.496 e. The molecule has 6 nitrogen and oxygen atoms in total. The van der Waals surface area contributed by atoms with Gasteiger partial charge in [-0.15, -0.1) is 0 Å². The van der Waals surface area contributed by atoms with Crippen molar-refractivity contribution < 1.29 is 28.6 Å². The van der Waals surface area contributed by atoms with Gasteiger partial charge < -0.3 is 28.6 Å². The van der Waals surface area contributed by atoms with Crippen LogP contribution in [0.1, 0.15) is 0 Å². The molecule has 0 unspecified atom stereocenters. The van der Waals surface area contributed by atoms with Gasteiger partial charge in [-0.1, -0.05) is 12.1 Å². The fourth-order valence-corrected chi connectivity index (χ4v) is 2.91. The number of hydrogen-bond acceptors (Lipinski definition) is 6. The first-order valence-corrected chi connectivity index (χ1v) is 6.63. The van der Waals surface area contributed by atoms with Gasteiger partial charge in [0.25, 0.3) is 0 Å². The van der Waals surface area contributed by atoms with E-state index in [0.717, 1.165) is 11.2 Å². The van der Waals surface area contributed by atoms with E-state index in [1.54, 1.807) is 7.11 Å². The van der Waals surface area contributed by atoms with E-state index in [4.69, 9.17) is 23.5 Å². The first kappa shape index (κ1) is 12.6. The van der Waals surface area contributed by atoms with Crippen molar-refractivity contribution >= 4 is 12.6 Å². The summed E-state index contributed by atoms with van der Waals surface area (Å²) < 4.78 is 28.0. The van der Waals surface area contributed by atoms with Crippen LogP contribution >= 0.6 is 0 Å². The maximum absolute atomic E-state index is 10.2. The van der Waals surface area contributed by atoms with E-state index in [9.17, 15) is 5.11 Å².